The van der Waals surface area contributed by atoms with E-state index in [-0.39, 0.29) is 36.3 Å². The molecule has 0 fully saturated rings. The molecule has 9 heteroatoms. The highest BCUT2D eigenvalue weighted by molar-refractivity contribution is 14.0. The summed E-state index contributed by atoms with van der Waals surface area (Å²) >= 11 is 0. The second-order valence-corrected chi connectivity index (χ2v) is 8.14. The Labute approximate surface area is 182 Å². The third-order valence-electron chi connectivity index (χ3n) is 3.66. The third kappa shape index (κ3) is 8.87. The monoisotopic (exact) mass is 521 g/mol. The maximum Gasteiger partial charge on any atom is 0.191 e. The highest BCUT2D eigenvalue weighted by Crippen LogP contribution is 2.14. The number of nitrogens with zero attached hydrogens (tertiary/aromatic N) is 1. The summed E-state index contributed by atoms with van der Waals surface area (Å²) in [5, 5.41) is 6.15. The molecule has 154 valence electrons. The first-order valence-corrected chi connectivity index (χ1v) is 10.5. The summed E-state index contributed by atoms with van der Waals surface area (Å²) in [4.78, 5) is 4.10. The highest BCUT2D eigenvalue weighted by atomic mass is 127. The van der Waals surface area contributed by atoms with E-state index in [0.29, 0.717) is 30.2 Å². The van der Waals surface area contributed by atoms with Gasteiger partial charge in [-0.05, 0) is 35.4 Å². The van der Waals surface area contributed by atoms with Crippen molar-refractivity contribution in [2.24, 2.45) is 4.99 Å². The number of aliphatic imine (C=N–C) groups is 1. The maximum atomic E-state index is 13.6. The van der Waals surface area contributed by atoms with E-state index < -0.39 is 15.7 Å². The van der Waals surface area contributed by atoms with Gasteiger partial charge >= 0.3 is 0 Å². The fourth-order valence-corrected chi connectivity index (χ4v) is 3.28. The van der Waals surface area contributed by atoms with Crippen molar-refractivity contribution < 1.29 is 17.5 Å². The molecular weight excluding hydrogens is 496 g/mol. The Hall–Kier alpha value is -1.88. The van der Waals surface area contributed by atoms with Crippen molar-refractivity contribution in [1.82, 2.24) is 10.6 Å². The van der Waals surface area contributed by atoms with Crippen LogP contribution in [-0.4, -0.2) is 40.8 Å². The van der Waals surface area contributed by atoms with Crippen LogP contribution < -0.4 is 15.4 Å². The summed E-state index contributed by atoms with van der Waals surface area (Å²) in [5.74, 6) is 0.748. The standard InChI is InChI=1S/C19H24FN3O3S.HI/c1-21-19(22-10-11-26-18-6-4-3-5-7-18)23-13-16-12-17(20)9-8-15(16)14-27(2,24)25;/h3-9,12H,10-11,13-14H2,1-2H3,(H2,21,22,23);1H. The number of ether oxygens (including phenoxy) is 1. The first-order valence-electron chi connectivity index (χ1n) is 8.45. The number of sulfone groups is 1. The van der Waals surface area contributed by atoms with E-state index >= 15 is 0 Å². The van der Waals surface area contributed by atoms with E-state index in [1.807, 2.05) is 30.3 Å². The molecule has 0 amide bonds. The summed E-state index contributed by atoms with van der Waals surface area (Å²) < 4.78 is 42.3. The fraction of sp³-hybridized carbons (Fsp3) is 0.316. The van der Waals surface area contributed by atoms with Crippen molar-refractivity contribution in [3.63, 3.8) is 0 Å². The van der Waals surface area contributed by atoms with Gasteiger partial charge in [-0.25, -0.2) is 12.8 Å². The second kappa shape index (κ2) is 11.8. The zero-order valence-corrected chi connectivity index (χ0v) is 19.0. The number of nitrogens with one attached hydrogen (secondary N) is 2. The van der Waals surface area contributed by atoms with E-state index in [1.54, 1.807) is 7.05 Å². The summed E-state index contributed by atoms with van der Waals surface area (Å²) in [5.41, 5.74) is 1.14. The molecule has 2 aromatic rings. The van der Waals surface area contributed by atoms with Gasteiger partial charge in [0.1, 0.15) is 18.2 Å². The van der Waals surface area contributed by atoms with Gasteiger partial charge in [0, 0.05) is 19.8 Å². The van der Waals surface area contributed by atoms with E-state index in [4.69, 9.17) is 4.74 Å². The lowest BCUT2D eigenvalue weighted by Crippen LogP contribution is -2.39. The normalized spacial score (nSPS) is 11.5. The Morgan fingerprint density at radius 3 is 2.46 bits per heavy atom. The number of hydrogen-bond donors (Lipinski definition) is 2. The minimum Gasteiger partial charge on any atom is -0.492 e. The van der Waals surface area contributed by atoms with Gasteiger partial charge in [0.15, 0.2) is 15.8 Å². The van der Waals surface area contributed by atoms with Crippen LogP contribution in [0.4, 0.5) is 4.39 Å². The predicted molar refractivity (Wildman–Crippen MR) is 121 cm³/mol. The molecule has 0 radical (unpaired) electrons. The van der Waals surface area contributed by atoms with E-state index in [9.17, 15) is 12.8 Å². The molecule has 0 bridgehead atoms. The van der Waals surface area contributed by atoms with Crippen molar-refractivity contribution in [3.8, 4) is 5.75 Å². The average molecular weight is 521 g/mol. The van der Waals surface area contributed by atoms with Crippen molar-refractivity contribution in [2.75, 3.05) is 26.5 Å². The lowest BCUT2D eigenvalue weighted by molar-refractivity contribution is 0.322. The van der Waals surface area contributed by atoms with E-state index in [0.717, 1.165) is 12.0 Å². The van der Waals surface area contributed by atoms with Gasteiger partial charge in [-0.15, -0.1) is 24.0 Å². The molecule has 2 aromatic carbocycles. The van der Waals surface area contributed by atoms with Crippen molar-refractivity contribution >= 4 is 39.8 Å². The molecule has 0 aliphatic rings. The molecule has 0 saturated carbocycles. The zero-order valence-electron chi connectivity index (χ0n) is 15.8. The van der Waals surface area contributed by atoms with Gasteiger partial charge in [0.25, 0.3) is 0 Å². The van der Waals surface area contributed by atoms with Crippen molar-refractivity contribution in [3.05, 3.63) is 65.5 Å². The minimum absolute atomic E-state index is 0. The van der Waals surface area contributed by atoms with Crippen molar-refractivity contribution in [2.45, 2.75) is 12.3 Å². The Bertz CT molecular complexity index is 877. The zero-order chi connectivity index (χ0) is 19.7. The van der Waals surface area contributed by atoms with Crippen LogP contribution >= 0.6 is 24.0 Å². The van der Waals surface area contributed by atoms with Crippen LogP contribution in [0.15, 0.2) is 53.5 Å². The van der Waals surface area contributed by atoms with Gasteiger partial charge in [-0.2, -0.15) is 0 Å². The molecule has 0 aliphatic heterocycles. The molecule has 0 atom stereocenters. The van der Waals surface area contributed by atoms with Crippen LogP contribution in [0.3, 0.4) is 0 Å². The van der Waals surface area contributed by atoms with Crippen LogP contribution in [0, 0.1) is 5.82 Å². The minimum atomic E-state index is -3.21. The van der Waals surface area contributed by atoms with Crippen LogP contribution in [0.2, 0.25) is 0 Å². The summed E-state index contributed by atoms with van der Waals surface area (Å²) in [6.07, 6.45) is 1.15. The third-order valence-corrected chi connectivity index (χ3v) is 4.50. The second-order valence-electron chi connectivity index (χ2n) is 6.00. The summed E-state index contributed by atoms with van der Waals surface area (Å²) in [7, 11) is -1.59. The largest absolute Gasteiger partial charge is 0.492 e. The number of para-hydroxylation sites is 1. The Morgan fingerprint density at radius 2 is 1.82 bits per heavy atom. The average Bonchev–Trinajstić information content (AvgIpc) is 2.63. The van der Waals surface area contributed by atoms with Gasteiger partial charge in [0.05, 0.1) is 12.3 Å². The molecule has 0 unspecified atom stereocenters. The molecule has 0 spiro atoms. The number of rotatable bonds is 8. The molecule has 28 heavy (non-hydrogen) atoms. The smallest absolute Gasteiger partial charge is 0.191 e. The molecule has 0 aromatic heterocycles. The first kappa shape index (κ1) is 24.2. The maximum absolute atomic E-state index is 13.6. The molecule has 0 aliphatic carbocycles. The van der Waals surface area contributed by atoms with E-state index in [1.165, 1.54) is 18.2 Å². The molecule has 0 heterocycles. The number of halogens is 2. The van der Waals surface area contributed by atoms with Gasteiger partial charge in [-0.1, -0.05) is 24.3 Å². The quantitative estimate of drug-likeness (QED) is 0.242. The summed E-state index contributed by atoms with van der Waals surface area (Å²) in [6, 6.07) is 13.6. The van der Waals surface area contributed by atoms with Gasteiger partial charge < -0.3 is 15.4 Å². The number of guanidine groups is 1. The Balaban J connectivity index is 0.00000392. The fourth-order valence-electron chi connectivity index (χ4n) is 2.44. The van der Waals surface area contributed by atoms with Crippen LogP contribution in [0.5, 0.6) is 5.75 Å². The highest BCUT2D eigenvalue weighted by Gasteiger charge is 2.11. The SMILES string of the molecule is CN=C(NCCOc1ccccc1)NCc1cc(F)ccc1CS(C)(=O)=O.I. The van der Waals surface area contributed by atoms with E-state index in [2.05, 4.69) is 15.6 Å². The van der Waals surface area contributed by atoms with Crippen molar-refractivity contribution in [1.29, 1.82) is 0 Å². The molecular formula is C19H25FIN3O3S. The Morgan fingerprint density at radius 1 is 1.11 bits per heavy atom. The predicted octanol–water partition coefficient (Wildman–Crippen LogP) is 2.73. The number of hydrogen-bond acceptors (Lipinski definition) is 4. The van der Waals surface area contributed by atoms with Gasteiger partial charge in [-0.3, -0.25) is 4.99 Å². The lowest BCUT2D eigenvalue weighted by Gasteiger charge is -2.14. The lowest BCUT2D eigenvalue weighted by atomic mass is 10.1. The molecule has 6 nitrogen and oxygen atoms in total. The molecule has 2 rings (SSSR count). The topological polar surface area (TPSA) is 79.8 Å². The van der Waals surface area contributed by atoms with Crippen LogP contribution in [0.1, 0.15) is 11.1 Å². The summed E-state index contributed by atoms with van der Waals surface area (Å²) in [6.45, 7) is 1.22. The van der Waals surface area contributed by atoms with Gasteiger partial charge in [0.2, 0.25) is 0 Å². The Kier molecular flexibility index (Phi) is 10.2. The van der Waals surface area contributed by atoms with Crippen LogP contribution in [-0.2, 0) is 22.1 Å². The number of benzene rings is 2. The van der Waals surface area contributed by atoms with Crippen LogP contribution in [0.25, 0.3) is 0 Å². The molecule has 0 saturated heterocycles. The molecule has 2 N–H and O–H groups in total. The first-order chi connectivity index (χ1) is 12.9.